The van der Waals surface area contributed by atoms with Gasteiger partial charge in [-0.2, -0.15) is 0 Å². The fourth-order valence-electron chi connectivity index (χ4n) is 1.58. The molecule has 0 radical (unpaired) electrons. The zero-order valence-electron chi connectivity index (χ0n) is 13.0. The highest BCUT2D eigenvalue weighted by molar-refractivity contribution is 7.90. The average Bonchev–Trinajstić information content (AvgIpc) is 2.32. The molecule has 0 atom stereocenters. The Bertz CT molecular complexity index is 617. The van der Waals surface area contributed by atoms with E-state index in [-0.39, 0.29) is 11.6 Å². The van der Waals surface area contributed by atoms with Crippen LogP contribution in [0.5, 0.6) is 5.75 Å². The lowest BCUT2D eigenvalue weighted by molar-refractivity contribution is -0.157. The molecule has 0 amide bonds. The van der Waals surface area contributed by atoms with Crippen LogP contribution in [0, 0.1) is 0 Å². The molecule has 0 aliphatic carbocycles. The van der Waals surface area contributed by atoms with Gasteiger partial charge in [-0.1, -0.05) is 6.92 Å². The number of carbonyl (C=O) groups excluding carboxylic acids is 1. The van der Waals surface area contributed by atoms with E-state index in [4.69, 9.17) is 9.47 Å². The molecule has 6 nitrogen and oxygen atoms in total. The molecule has 0 bridgehead atoms. The van der Waals surface area contributed by atoms with E-state index >= 15 is 0 Å². The molecule has 21 heavy (non-hydrogen) atoms. The number of aromatic nitrogens is 1. The minimum absolute atomic E-state index is 0.0102. The quantitative estimate of drug-likeness (QED) is 0.770. The zero-order chi connectivity index (χ0) is 16.3. The Kier molecular flexibility index (Phi) is 5.33. The summed E-state index contributed by atoms with van der Waals surface area (Å²) in [4.78, 5) is 15.4. The molecule has 118 valence electrons. The Morgan fingerprint density at radius 1 is 1.33 bits per heavy atom. The summed E-state index contributed by atoms with van der Waals surface area (Å²) in [6.07, 6.45) is 2.98. The van der Waals surface area contributed by atoms with Gasteiger partial charge in [0.05, 0.1) is 6.20 Å². The van der Waals surface area contributed by atoms with Crippen molar-refractivity contribution in [1.29, 1.82) is 0 Å². The standard InChI is InChI=1S/C14H21NO5S/c1-6-10-7-12(21(5,17)18)15-8-11(10)19-9-13(16)20-14(2,3)4/h7-8H,6,9H2,1-5H3. The van der Waals surface area contributed by atoms with Crippen LogP contribution in [0.2, 0.25) is 0 Å². The molecule has 0 saturated heterocycles. The maximum absolute atomic E-state index is 11.6. The third-order valence-electron chi connectivity index (χ3n) is 2.45. The molecule has 1 aromatic rings. The summed E-state index contributed by atoms with van der Waals surface area (Å²) >= 11 is 0. The molecule has 0 fully saturated rings. The van der Waals surface area contributed by atoms with Gasteiger partial charge in [0.1, 0.15) is 11.4 Å². The smallest absolute Gasteiger partial charge is 0.344 e. The Morgan fingerprint density at radius 3 is 2.43 bits per heavy atom. The number of hydrogen-bond donors (Lipinski definition) is 0. The van der Waals surface area contributed by atoms with E-state index in [1.807, 2.05) is 6.92 Å². The van der Waals surface area contributed by atoms with Crippen LogP contribution in [-0.2, 0) is 25.8 Å². The molecule has 0 aliphatic rings. The first-order chi connectivity index (χ1) is 9.53. The van der Waals surface area contributed by atoms with Gasteiger partial charge in [0, 0.05) is 6.26 Å². The van der Waals surface area contributed by atoms with E-state index in [9.17, 15) is 13.2 Å². The summed E-state index contributed by atoms with van der Waals surface area (Å²) in [5, 5.41) is -0.0102. The average molecular weight is 315 g/mol. The summed E-state index contributed by atoms with van der Waals surface area (Å²) < 4.78 is 33.4. The summed E-state index contributed by atoms with van der Waals surface area (Å²) in [5.41, 5.74) is 0.0980. The van der Waals surface area contributed by atoms with Gasteiger partial charge in [0.15, 0.2) is 21.5 Å². The van der Waals surface area contributed by atoms with Gasteiger partial charge in [0.2, 0.25) is 0 Å². The molecule has 1 rings (SSSR count). The minimum atomic E-state index is -3.37. The predicted molar refractivity (Wildman–Crippen MR) is 78.1 cm³/mol. The van der Waals surface area contributed by atoms with Crippen LogP contribution in [0.4, 0.5) is 0 Å². The first kappa shape index (κ1) is 17.4. The minimum Gasteiger partial charge on any atom is -0.480 e. The van der Waals surface area contributed by atoms with Crippen molar-refractivity contribution in [1.82, 2.24) is 4.98 Å². The summed E-state index contributed by atoms with van der Waals surface area (Å²) in [6.45, 7) is 6.92. The lowest BCUT2D eigenvalue weighted by Crippen LogP contribution is -2.27. The van der Waals surface area contributed by atoms with Crippen LogP contribution in [-0.4, -0.2) is 37.8 Å². The fourth-order valence-corrected chi connectivity index (χ4v) is 2.18. The molecule has 1 heterocycles. The Labute approximate surface area is 125 Å². The molecule has 0 saturated carbocycles. The van der Waals surface area contributed by atoms with E-state index < -0.39 is 21.4 Å². The van der Waals surface area contributed by atoms with E-state index in [0.29, 0.717) is 17.7 Å². The Balaban J connectivity index is 2.83. The molecule has 7 heteroatoms. The highest BCUT2D eigenvalue weighted by Gasteiger charge is 2.18. The van der Waals surface area contributed by atoms with Gasteiger partial charge in [0.25, 0.3) is 0 Å². The van der Waals surface area contributed by atoms with Crippen molar-refractivity contribution < 1.29 is 22.7 Å². The second-order valence-electron chi connectivity index (χ2n) is 5.63. The van der Waals surface area contributed by atoms with Gasteiger partial charge in [-0.3, -0.25) is 0 Å². The number of carbonyl (C=O) groups is 1. The molecule has 0 aliphatic heterocycles. The van der Waals surface area contributed by atoms with E-state index in [0.717, 1.165) is 6.26 Å². The van der Waals surface area contributed by atoms with Crippen LogP contribution in [0.15, 0.2) is 17.3 Å². The largest absolute Gasteiger partial charge is 0.480 e. The third kappa shape index (κ3) is 5.71. The number of rotatable bonds is 5. The highest BCUT2D eigenvalue weighted by atomic mass is 32.2. The van der Waals surface area contributed by atoms with Gasteiger partial charge >= 0.3 is 5.97 Å². The maximum atomic E-state index is 11.6. The molecule has 0 spiro atoms. The number of aryl methyl sites for hydroxylation is 1. The zero-order valence-corrected chi connectivity index (χ0v) is 13.8. The number of ether oxygens (including phenoxy) is 2. The van der Waals surface area contributed by atoms with Crippen LogP contribution < -0.4 is 4.74 Å². The van der Waals surface area contributed by atoms with Crippen molar-refractivity contribution in [3.63, 3.8) is 0 Å². The number of sulfone groups is 1. The second kappa shape index (κ2) is 6.43. The van der Waals surface area contributed by atoms with Crippen molar-refractivity contribution >= 4 is 15.8 Å². The summed E-state index contributed by atoms with van der Waals surface area (Å²) in [5.74, 6) is -0.104. The van der Waals surface area contributed by atoms with Crippen molar-refractivity contribution in [2.45, 2.75) is 44.7 Å². The third-order valence-corrected chi connectivity index (χ3v) is 3.43. The van der Waals surface area contributed by atoms with E-state index in [1.165, 1.54) is 12.3 Å². The SMILES string of the molecule is CCc1cc(S(C)(=O)=O)ncc1OCC(=O)OC(C)(C)C. The Hall–Kier alpha value is -1.63. The number of esters is 1. The van der Waals surface area contributed by atoms with Crippen LogP contribution in [0.25, 0.3) is 0 Å². The lowest BCUT2D eigenvalue weighted by atomic mass is 10.2. The topological polar surface area (TPSA) is 82.6 Å². The molecule has 0 aromatic carbocycles. The van der Waals surface area contributed by atoms with E-state index in [2.05, 4.69) is 4.98 Å². The number of hydrogen-bond acceptors (Lipinski definition) is 6. The van der Waals surface area contributed by atoms with Crippen molar-refractivity contribution in [3.8, 4) is 5.75 Å². The predicted octanol–water partition coefficient (Wildman–Crippen LogP) is 1.77. The molecular weight excluding hydrogens is 294 g/mol. The van der Waals surface area contributed by atoms with Crippen molar-refractivity contribution in [2.75, 3.05) is 12.9 Å². The maximum Gasteiger partial charge on any atom is 0.344 e. The van der Waals surface area contributed by atoms with Gasteiger partial charge < -0.3 is 9.47 Å². The van der Waals surface area contributed by atoms with E-state index in [1.54, 1.807) is 20.8 Å². The lowest BCUT2D eigenvalue weighted by Gasteiger charge is -2.19. The fraction of sp³-hybridized carbons (Fsp3) is 0.571. The normalized spacial score (nSPS) is 12.0. The van der Waals surface area contributed by atoms with Gasteiger partial charge in [-0.25, -0.2) is 18.2 Å². The van der Waals surface area contributed by atoms with Crippen molar-refractivity contribution in [3.05, 3.63) is 17.8 Å². The first-order valence-electron chi connectivity index (χ1n) is 6.56. The molecule has 0 N–H and O–H groups in total. The summed E-state index contributed by atoms with van der Waals surface area (Å²) in [6, 6.07) is 1.46. The molecular formula is C14H21NO5S. The molecule has 0 unspecified atom stereocenters. The highest BCUT2D eigenvalue weighted by Crippen LogP contribution is 2.21. The number of pyridine rings is 1. The summed E-state index contributed by atoms with van der Waals surface area (Å²) in [7, 11) is -3.37. The number of nitrogens with zero attached hydrogens (tertiary/aromatic N) is 1. The van der Waals surface area contributed by atoms with Crippen molar-refractivity contribution in [2.24, 2.45) is 0 Å². The Morgan fingerprint density at radius 2 is 1.95 bits per heavy atom. The van der Waals surface area contributed by atoms with Crippen LogP contribution >= 0.6 is 0 Å². The van der Waals surface area contributed by atoms with Crippen LogP contribution in [0.3, 0.4) is 0 Å². The van der Waals surface area contributed by atoms with Gasteiger partial charge in [-0.15, -0.1) is 0 Å². The first-order valence-corrected chi connectivity index (χ1v) is 8.45. The molecule has 1 aromatic heterocycles. The van der Waals surface area contributed by atoms with Crippen LogP contribution in [0.1, 0.15) is 33.3 Å². The second-order valence-corrected chi connectivity index (χ2v) is 7.59. The monoisotopic (exact) mass is 315 g/mol. The van der Waals surface area contributed by atoms with Gasteiger partial charge in [-0.05, 0) is 38.8 Å².